The van der Waals surface area contributed by atoms with E-state index in [0.29, 0.717) is 12.2 Å². The first-order valence-electron chi connectivity index (χ1n) is 13.1. The molecule has 3 aromatic carbocycles. The van der Waals surface area contributed by atoms with Crippen LogP contribution in [-0.4, -0.2) is 50.9 Å². The van der Waals surface area contributed by atoms with Gasteiger partial charge < -0.3 is 15.0 Å². The van der Waals surface area contributed by atoms with Crippen molar-refractivity contribution in [3.05, 3.63) is 88.7 Å². The summed E-state index contributed by atoms with van der Waals surface area (Å²) in [5.74, 6) is -1.37. The number of hydrogen-bond donors (Lipinski definition) is 1. The minimum Gasteiger partial charge on any atom is -0.495 e. The first kappa shape index (κ1) is 31.9. The van der Waals surface area contributed by atoms with Gasteiger partial charge in [-0.2, -0.15) is 0 Å². The van der Waals surface area contributed by atoms with Crippen LogP contribution < -0.4 is 14.4 Å². The van der Waals surface area contributed by atoms with Gasteiger partial charge in [0, 0.05) is 18.2 Å². The second-order valence-electron chi connectivity index (χ2n) is 9.75. The normalized spacial score (nSPS) is 12.8. The SMILES string of the molecule is CCC(C)NC(=O)C(C)N(Cc1ccccc1F)C(=O)CN(c1ccc(OC)c(Cl)c1)S(=O)(=O)c1ccc(C)cc1. The van der Waals surface area contributed by atoms with Crippen molar-refractivity contribution in [2.75, 3.05) is 18.0 Å². The number of rotatable bonds is 12. The van der Waals surface area contributed by atoms with E-state index in [1.54, 1.807) is 18.2 Å². The molecule has 2 amide bonds. The van der Waals surface area contributed by atoms with Crippen LogP contribution in [0.4, 0.5) is 10.1 Å². The Hall–Kier alpha value is -3.63. The topological polar surface area (TPSA) is 96.0 Å². The maximum Gasteiger partial charge on any atom is 0.264 e. The summed E-state index contributed by atoms with van der Waals surface area (Å²) in [4.78, 5) is 28.2. The fraction of sp³-hybridized carbons (Fsp3) is 0.333. The van der Waals surface area contributed by atoms with Crippen molar-refractivity contribution in [1.82, 2.24) is 10.2 Å². The van der Waals surface area contributed by atoms with Gasteiger partial charge >= 0.3 is 0 Å². The minimum atomic E-state index is -4.27. The van der Waals surface area contributed by atoms with E-state index in [-0.39, 0.29) is 33.8 Å². The average Bonchev–Trinajstić information content (AvgIpc) is 2.95. The van der Waals surface area contributed by atoms with Gasteiger partial charge in [-0.25, -0.2) is 12.8 Å². The highest BCUT2D eigenvalue weighted by atomic mass is 35.5. The van der Waals surface area contributed by atoms with E-state index in [1.165, 1.54) is 67.5 Å². The highest BCUT2D eigenvalue weighted by Crippen LogP contribution is 2.32. The summed E-state index contributed by atoms with van der Waals surface area (Å²) >= 11 is 6.33. The molecule has 41 heavy (non-hydrogen) atoms. The largest absolute Gasteiger partial charge is 0.495 e. The van der Waals surface area contributed by atoms with E-state index in [0.717, 1.165) is 9.87 Å². The summed E-state index contributed by atoms with van der Waals surface area (Å²) in [5, 5.41) is 2.99. The van der Waals surface area contributed by atoms with E-state index in [9.17, 15) is 22.4 Å². The lowest BCUT2D eigenvalue weighted by Gasteiger charge is -2.32. The van der Waals surface area contributed by atoms with E-state index < -0.39 is 40.2 Å². The molecule has 0 aliphatic heterocycles. The second-order valence-corrected chi connectivity index (χ2v) is 12.0. The highest BCUT2D eigenvalue weighted by Gasteiger charge is 2.33. The number of sulfonamides is 1. The first-order valence-corrected chi connectivity index (χ1v) is 15.0. The number of hydrogen-bond acceptors (Lipinski definition) is 5. The van der Waals surface area contributed by atoms with Crippen LogP contribution in [0.2, 0.25) is 5.02 Å². The number of ether oxygens (including phenoxy) is 1. The summed E-state index contributed by atoms with van der Waals surface area (Å²) in [5.41, 5.74) is 1.16. The number of amides is 2. The lowest BCUT2D eigenvalue weighted by atomic mass is 10.1. The molecule has 2 unspecified atom stereocenters. The number of anilines is 1. The van der Waals surface area contributed by atoms with Gasteiger partial charge in [-0.15, -0.1) is 0 Å². The van der Waals surface area contributed by atoms with Gasteiger partial charge in [0.2, 0.25) is 11.8 Å². The lowest BCUT2D eigenvalue weighted by Crippen LogP contribution is -2.52. The summed E-state index contributed by atoms with van der Waals surface area (Å²) in [7, 11) is -2.85. The zero-order valence-electron chi connectivity index (χ0n) is 23.7. The van der Waals surface area contributed by atoms with Crippen molar-refractivity contribution in [2.24, 2.45) is 0 Å². The van der Waals surface area contributed by atoms with E-state index in [1.807, 2.05) is 20.8 Å². The van der Waals surface area contributed by atoms with Gasteiger partial charge in [-0.1, -0.05) is 54.4 Å². The van der Waals surface area contributed by atoms with Crippen molar-refractivity contribution in [2.45, 2.75) is 57.6 Å². The van der Waals surface area contributed by atoms with Crippen LogP contribution in [0.25, 0.3) is 0 Å². The molecule has 0 aliphatic carbocycles. The Balaban J connectivity index is 2.07. The van der Waals surface area contributed by atoms with Gasteiger partial charge in [0.15, 0.2) is 0 Å². The van der Waals surface area contributed by atoms with Crippen LogP contribution in [0.3, 0.4) is 0 Å². The fourth-order valence-electron chi connectivity index (χ4n) is 4.03. The molecule has 0 bridgehead atoms. The quantitative estimate of drug-likeness (QED) is 0.302. The third-order valence-corrected chi connectivity index (χ3v) is 8.86. The molecule has 0 aromatic heterocycles. The van der Waals surface area contributed by atoms with Gasteiger partial charge in [0.1, 0.15) is 24.2 Å². The van der Waals surface area contributed by atoms with Crippen molar-refractivity contribution >= 4 is 39.1 Å². The number of methoxy groups -OCH3 is 1. The molecule has 0 spiro atoms. The monoisotopic (exact) mass is 603 g/mol. The van der Waals surface area contributed by atoms with Crippen molar-refractivity contribution < 1.29 is 27.1 Å². The number of aryl methyl sites for hydroxylation is 1. The molecule has 0 fully saturated rings. The summed E-state index contributed by atoms with van der Waals surface area (Å²) < 4.78 is 48.6. The molecule has 1 N–H and O–H groups in total. The number of nitrogens with one attached hydrogen (secondary N) is 1. The van der Waals surface area contributed by atoms with Crippen LogP contribution in [-0.2, 0) is 26.2 Å². The molecule has 0 heterocycles. The summed E-state index contributed by atoms with van der Waals surface area (Å²) in [6.45, 7) is 6.17. The molecule has 0 aliphatic rings. The summed E-state index contributed by atoms with van der Waals surface area (Å²) in [6, 6.07) is 15.3. The standard InChI is InChI=1S/C30H35ClFN3O5S/c1-6-21(3)33-30(37)22(4)34(18-23-9-7-8-10-27(23)32)29(36)19-35(24-13-16-28(40-5)26(31)17-24)41(38,39)25-14-11-20(2)12-15-25/h7-17,21-22H,6,18-19H2,1-5H3,(H,33,37). The maximum atomic E-state index is 14.7. The Kier molecular flexibility index (Phi) is 10.8. The molecule has 11 heteroatoms. The zero-order chi connectivity index (χ0) is 30.3. The molecule has 0 saturated carbocycles. The second kappa shape index (κ2) is 13.8. The minimum absolute atomic E-state index is 0.0361. The Labute approximate surface area is 246 Å². The molecule has 2 atom stereocenters. The maximum absolute atomic E-state index is 14.7. The van der Waals surface area contributed by atoms with Crippen molar-refractivity contribution in [3.63, 3.8) is 0 Å². The Bertz CT molecular complexity index is 1480. The molecule has 8 nitrogen and oxygen atoms in total. The average molecular weight is 604 g/mol. The van der Waals surface area contributed by atoms with Crippen molar-refractivity contribution in [3.8, 4) is 5.75 Å². The molecular formula is C30H35ClFN3O5S. The Morgan fingerprint density at radius 3 is 2.29 bits per heavy atom. The third-order valence-electron chi connectivity index (χ3n) is 6.78. The Morgan fingerprint density at radius 2 is 1.71 bits per heavy atom. The van der Waals surface area contributed by atoms with Gasteiger partial charge in [0.25, 0.3) is 10.0 Å². The molecule has 3 rings (SSSR count). The fourth-order valence-corrected chi connectivity index (χ4v) is 5.69. The van der Waals surface area contributed by atoms with Crippen LogP contribution >= 0.6 is 11.6 Å². The number of nitrogens with zero attached hydrogens (tertiary/aromatic N) is 2. The van der Waals surface area contributed by atoms with E-state index in [4.69, 9.17) is 16.3 Å². The number of benzene rings is 3. The molecule has 0 radical (unpaired) electrons. The van der Waals surface area contributed by atoms with Crippen LogP contribution in [0.1, 0.15) is 38.3 Å². The first-order chi connectivity index (χ1) is 19.4. The van der Waals surface area contributed by atoms with Gasteiger partial charge in [-0.05, 0) is 63.6 Å². The van der Waals surface area contributed by atoms with E-state index in [2.05, 4.69) is 5.32 Å². The highest BCUT2D eigenvalue weighted by molar-refractivity contribution is 7.92. The molecular weight excluding hydrogens is 569 g/mol. The van der Waals surface area contributed by atoms with E-state index >= 15 is 0 Å². The van der Waals surface area contributed by atoms with Gasteiger partial charge in [0.05, 0.1) is 22.7 Å². The van der Waals surface area contributed by atoms with Crippen LogP contribution in [0.5, 0.6) is 5.75 Å². The molecule has 220 valence electrons. The number of carbonyl (C=O) groups is 2. The smallest absolute Gasteiger partial charge is 0.264 e. The Morgan fingerprint density at radius 1 is 1.05 bits per heavy atom. The molecule has 3 aromatic rings. The number of halogens is 2. The predicted molar refractivity (Wildman–Crippen MR) is 158 cm³/mol. The zero-order valence-corrected chi connectivity index (χ0v) is 25.3. The lowest BCUT2D eigenvalue weighted by molar-refractivity contribution is -0.139. The van der Waals surface area contributed by atoms with Crippen LogP contribution in [0.15, 0.2) is 71.6 Å². The van der Waals surface area contributed by atoms with Crippen LogP contribution in [0, 0.1) is 12.7 Å². The number of carbonyl (C=O) groups excluding carboxylic acids is 2. The third kappa shape index (κ3) is 7.77. The molecule has 0 saturated heterocycles. The summed E-state index contributed by atoms with van der Waals surface area (Å²) in [6.07, 6.45) is 0.667. The van der Waals surface area contributed by atoms with Crippen molar-refractivity contribution in [1.29, 1.82) is 0 Å². The van der Waals surface area contributed by atoms with Gasteiger partial charge in [-0.3, -0.25) is 13.9 Å². The predicted octanol–water partition coefficient (Wildman–Crippen LogP) is 5.32.